The van der Waals surface area contributed by atoms with Gasteiger partial charge in [0.1, 0.15) is 0 Å². The number of nitrogens with zero attached hydrogens (tertiary/aromatic N) is 12. The van der Waals surface area contributed by atoms with Crippen molar-refractivity contribution in [1.82, 2.24) is 59.8 Å². The predicted molar refractivity (Wildman–Crippen MR) is 304 cm³/mol. The van der Waals surface area contributed by atoms with Crippen LogP contribution in [0.3, 0.4) is 0 Å². The lowest BCUT2D eigenvalue weighted by molar-refractivity contribution is 0.0194. The molecule has 0 saturated heterocycles. The van der Waals surface area contributed by atoms with Crippen molar-refractivity contribution in [1.29, 1.82) is 0 Å². The van der Waals surface area contributed by atoms with Gasteiger partial charge in [0.05, 0.1) is 51.8 Å². The normalized spacial score (nSPS) is 11.9. The lowest BCUT2D eigenvalue weighted by atomic mass is 10.00. The summed E-state index contributed by atoms with van der Waals surface area (Å²) in [5.74, 6) is -0.476. The number of anilines is 6. The molecule has 13 N–H and O–H groups in total. The van der Waals surface area contributed by atoms with Crippen LogP contribution in [0.2, 0.25) is 0 Å². The molecule has 0 saturated carbocycles. The zero-order chi connectivity index (χ0) is 58.0. The smallest absolute Gasteiger partial charge is 0.398 e. The molecule has 12 aromatic rings. The molecule has 9 heterocycles. The topological polar surface area (TPSA) is 425 Å². The fourth-order valence-corrected chi connectivity index (χ4v) is 10.4. The van der Waals surface area contributed by atoms with Crippen molar-refractivity contribution in [3.8, 4) is 67.2 Å². The summed E-state index contributed by atoms with van der Waals surface area (Å²) < 4.78 is 39.5. The number of carbonyl (C=O) groups is 3. The number of hydrogen-bond donors (Lipinski definition) is 7. The van der Waals surface area contributed by atoms with E-state index in [-0.39, 0.29) is 51.6 Å². The van der Waals surface area contributed by atoms with Gasteiger partial charge in [0, 0.05) is 121 Å². The number of rotatable bonds is 18. The summed E-state index contributed by atoms with van der Waals surface area (Å²) in [7, 11) is -4.38. The molecule has 9 aromatic heterocycles. The van der Waals surface area contributed by atoms with E-state index >= 15 is 0 Å². The molecule has 3 aromatic carbocycles. The van der Waals surface area contributed by atoms with Crippen molar-refractivity contribution in [2.24, 2.45) is 0 Å². The molecular weight excluding hydrogens is 1090 g/mol. The summed E-state index contributed by atoms with van der Waals surface area (Å²) in [6, 6.07) is 14.9. The van der Waals surface area contributed by atoms with Crippen LogP contribution in [0, 0.1) is 0 Å². The van der Waals surface area contributed by atoms with Gasteiger partial charge in [0.25, 0.3) is 0 Å². The highest BCUT2D eigenvalue weighted by Gasteiger charge is 2.46. The molecule has 0 radical (unpaired) electrons. The highest BCUT2D eigenvalue weighted by atomic mass is 31.2. The summed E-state index contributed by atoms with van der Waals surface area (Å²) in [6.07, 6.45) is 14.0. The van der Waals surface area contributed by atoms with Crippen LogP contribution in [0.4, 0.5) is 34.5 Å². The predicted octanol–water partition coefficient (Wildman–Crippen LogP) is 7.98. The summed E-state index contributed by atoms with van der Waals surface area (Å²) in [6.45, 7) is 3.00. The Morgan fingerprint density at radius 3 is 1.02 bits per heavy atom. The van der Waals surface area contributed by atoms with Gasteiger partial charge in [0.15, 0.2) is 71.7 Å². The van der Waals surface area contributed by atoms with Crippen LogP contribution in [0.5, 0.6) is 0 Å². The van der Waals surface area contributed by atoms with Crippen molar-refractivity contribution in [2.75, 3.05) is 34.4 Å². The highest BCUT2D eigenvalue weighted by molar-refractivity contribution is 7.55. The first-order valence-electron chi connectivity index (χ1n) is 24.9. The third-order valence-corrected chi connectivity index (χ3v) is 14.9. The maximum atomic E-state index is 12.4. The number of aromatic nitrogens is 12. The van der Waals surface area contributed by atoms with Crippen molar-refractivity contribution in [2.45, 2.75) is 41.0 Å². The number of Topliss-reactive ketones (excluding diaryl/α,β-unsaturated/α-hetero) is 3. The van der Waals surface area contributed by atoms with Crippen LogP contribution in [0.25, 0.3) is 100 Å². The molecule has 0 aliphatic heterocycles. The van der Waals surface area contributed by atoms with Crippen LogP contribution in [-0.4, -0.2) is 82.0 Å². The standard InChI is InChI=1S/C54H45N18O10P/c1-25(73)34-10-28(4-7-40(34)55)46-43-49(80-67-52(43)58)37(16-61-46)31-13-64-70(19-31)22-77-83(76,78-23-71-20-32(14-65-71)38-17-62-47(44-50(38)81-68-53(44)59)29-5-8-41(56)35(11-29)26(2)74)79-24-72-21-33(15-66-72)39-18-63-48(45-51(39)82-69-54(45)60)30-6-9-42(57)36(12-30)27(3)75/h4-21,76H,22-24H2,1-3H3,(H11-,55,56,57,58,59,60,61,62,63,67,68,69,73,74,75)/p+1. The molecular formula is C54H46N18O10P+. The Kier molecular flexibility index (Phi) is 13.2. The minimum atomic E-state index is -4.38. The number of carbonyl (C=O) groups excluding carboxylic acids is 3. The van der Waals surface area contributed by atoms with E-state index in [1.54, 1.807) is 91.8 Å². The maximum absolute atomic E-state index is 12.4. The zero-order valence-electron chi connectivity index (χ0n) is 43.9. The quantitative estimate of drug-likeness (QED) is 0.0243. The molecule has 29 heteroatoms. The van der Waals surface area contributed by atoms with E-state index < -0.39 is 28.4 Å². The van der Waals surface area contributed by atoms with Crippen molar-refractivity contribution < 1.29 is 46.4 Å². The number of nitrogens with two attached hydrogens (primary N) is 6. The first kappa shape index (κ1) is 52.9. The van der Waals surface area contributed by atoms with Gasteiger partial charge in [-0.15, -0.1) is 13.6 Å². The average Bonchev–Trinajstić information content (AvgIpc) is 4.06. The summed E-state index contributed by atoms with van der Waals surface area (Å²) >= 11 is 0. The Bertz CT molecular complexity index is 4140. The largest absolute Gasteiger partial charge is 0.578 e. The van der Waals surface area contributed by atoms with E-state index in [0.717, 1.165) is 0 Å². The van der Waals surface area contributed by atoms with Crippen molar-refractivity contribution in [3.05, 3.63) is 127 Å². The molecule has 0 aliphatic rings. The van der Waals surface area contributed by atoms with Crippen LogP contribution in [-0.2, 0) is 33.8 Å². The molecule has 0 atom stereocenters. The van der Waals surface area contributed by atoms with Gasteiger partial charge in [-0.3, -0.25) is 29.3 Å². The van der Waals surface area contributed by atoms with E-state index in [1.807, 2.05) is 0 Å². The van der Waals surface area contributed by atoms with E-state index in [2.05, 4.69) is 30.8 Å². The third kappa shape index (κ3) is 9.74. The van der Waals surface area contributed by atoms with Crippen molar-refractivity contribution in [3.63, 3.8) is 0 Å². The monoisotopic (exact) mass is 1140 g/mol. The van der Waals surface area contributed by atoms with E-state index in [1.165, 1.54) is 53.4 Å². The molecule has 0 amide bonds. The Labute approximate surface area is 467 Å². The van der Waals surface area contributed by atoms with E-state index in [0.29, 0.717) is 117 Å². The van der Waals surface area contributed by atoms with Crippen molar-refractivity contribution >= 4 is 92.9 Å². The SMILES string of the molecule is CC(=O)c1cc(-c2ncc(-c3cnn(CO[P+](O)(OCn4cc(-c5cnc(-c6ccc(N)c(C(C)=O)c6)c6c(N)noc56)cn4)OCn4cc(-c5cnc(-c6ccc(N)c(C(C)=O)c6)c6c(N)noc56)cn4)c3)c3onc(N)c23)ccc1N. The zero-order valence-corrected chi connectivity index (χ0v) is 44.8. The summed E-state index contributed by atoms with van der Waals surface area (Å²) in [5, 5.41) is 26.6. The number of nitrogen functional groups attached to an aromatic ring is 6. The fraction of sp³-hybridized carbons (Fsp3) is 0.111. The molecule has 83 heavy (non-hydrogen) atoms. The maximum Gasteiger partial charge on any atom is 0.578 e. The molecule has 28 nitrogen and oxygen atoms in total. The summed E-state index contributed by atoms with van der Waals surface area (Å²) in [5.41, 5.74) is 45.8. The molecule has 0 aliphatic carbocycles. The van der Waals surface area contributed by atoms with Gasteiger partial charge in [-0.1, -0.05) is 33.7 Å². The lowest BCUT2D eigenvalue weighted by Gasteiger charge is -2.15. The molecule has 0 bridgehead atoms. The summed E-state index contributed by atoms with van der Waals surface area (Å²) in [4.78, 5) is 63.4. The minimum Gasteiger partial charge on any atom is -0.398 e. The lowest BCUT2D eigenvalue weighted by Crippen LogP contribution is -2.14. The molecule has 0 spiro atoms. The third-order valence-electron chi connectivity index (χ3n) is 13.6. The second-order valence-electron chi connectivity index (χ2n) is 19.0. The second-order valence-corrected chi connectivity index (χ2v) is 20.7. The van der Waals surface area contributed by atoms with Gasteiger partial charge in [0.2, 0.25) is 0 Å². The Morgan fingerprint density at radius 1 is 0.458 bits per heavy atom. The van der Waals surface area contributed by atoms with Gasteiger partial charge < -0.3 is 48.0 Å². The average molecular weight is 1140 g/mol. The number of hydrogen-bond acceptors (Lipinski definition) is 25. The first-order valence-corrected chi connectivity index (χ1v) is 26.4. The minimum absolute atomic E-state index is 0.0640. The van der Waals surface area contributed by atoms with Gasteiger partial charge in [-0.2, -0.15) is 20.2 Å². The highest BCUT2D eigenvalue weighted by Crippen LogP contribution is 2.59. The molecule has 0 fully saturated rings. The molecule has 0 unspecified atom stereocenters. The molecule has 12 rings (SSSR count). The van der Waals surface area contributed by atoms with E-state index in [4.69, 9.17) is 76.5 Å². The van der Waals surface area contributed by atoms with E-state index in [9.17, 15) is 19.3 Å². The Morgan fingerprint density at radius 2 is 0.747 bits per heavy atom. The van der Waals surface area contributed by atoms with Crippen LogP contribution < -0.4 is 34.4 Å². The number of fused-ring (bicyclic) bond motifs is 3. The number of pyridine rings is 3. The molecule has 416 valence electrons. The Hall–Kier alpha value is -10.8. The second kappa shape index (κ2) is 20.7. The fourth-order valence-electron chi connectivity index (χ4n) is 9.43. The van der Waals surface area contributed by atoms with Crippen LogP contribution in [0.1, 0.15) is 51.8 Å². The van der Waals surface area contributed by atoms with Gasteiger partial charge >= 0.3 is 8.17 Å². The first-order chi connectivity index (χ1) is 39.9. The van der Waals surface area contributed by atoms with Gasteiger partial charge in [-0.25, -0.2) is 14.0 Å². The van der Waals surface area contributed by atoms with Crippen LogP contribution >= 0.6 is 8.17 Å². The number of benzene rings is 3. The number of ketones is 3. The Balaban J connectivity index is 0.821. The van der Waals surface area contributed by atoms with Crippen LogP contribution in [0.15, 0.2) is 124 Å². The van der Waals surface area contributed by atoms with Gasteiger partial charge in [-0.05, 0) is 57.2 Å².